The fourth-order valence-corrected chi connectivity index (χ4v) is 4.58. The van der Waals surface area contributed by atoms with E-state index in [1.807, 2.05) is 20.8 Å². The SMILES string of the molecule is CC1Cc2cc(C(=O)OCC(=O)N(C)CC(=O)NC(C)(C)C)ccc2N1S(C)(=O)=O. The molecule has 1 unspecified atom stereocenters. The Labute approximate surface area is 177 Å². The van der Waals surface area contributed by atoms with Gasteiger partial charge < -0.3 is 15.0 Å². The van der Waals surface area contributed by atoms with Gasteiger partial charge in [-0.05, 0) is 57.9 Å². The Bertz CT molecular complexity index is 952. The maximum atomic E-state index is 12.3. The number of likely N-dealkylation sites (N-methyl/N-ethyl adjacent to an activating group) is 1. The molecule has 1 heterocycles. The zero-order valence-electron chi connectivity index (χ0n) is 18.2. The van der Waals surface area contributed by atoms with E-state index in [0.717, 1.165) is 11.8 Å². The molecule has 10 heteroatoms. The summed E-state index contributed by atoms with van der Waals surface area (Å²) < 4.78 is 30.4. The maximum absolute atomic E-state index is 12.3. The summed E-state index contributed by atoms with van der Waals surface area (Å²) in [6.07, 6.45) is 1.62. The average Bonchev–Trinajstić information content (AvgIpc) is 2.92. The number of hydrogen-bond donors (Lipinski definition) is 1. The number of carbonyl (C=O) groups is 3. The number of rotatable bonds is 6. The lowest BCUT2D eigenvalue weighted by Crippen LogP contribution is -2.46. The van der Waals surface area contributed by atoms with Gasteiger partial charge in [-0.25, -0.2) is 13.2 Å². The molecule has 1 atom stereocenters. The standard InChI is InChI=1S/C20H29N3O6S/c1-13-9-15-10-14(7-8-16(15)23(13)30(6,27)28)19(26)29-12-18(25)22(5)11-17(24)21-20(2,3)4/h7-8,10,13H,9,11-12H2,1-6H3,(H,21,24). The van der Waals surface area contributed by atoms with Crippen molar-refractivity contribution in [1.29, 1.82) is 0 Å². The van der Waals surface area contributed by atoms with Gasteiger partial charge in [-0.1, -0.05) is 0 Å². The number of nitrogens with zero attached hydrogens (tertiary/aromatic N) is 2. The Kier molecular flexibility index (Phi) is 6.80. The van der Waals surface area contributed by atoms with Crippen LogP contribution in [-0.2, 0) is 30.8 Å². The lowest BCUT2D eigenvalue weighted by atomic mass is 10.1. The predicted molar refractivity (Wildman–Crippen MR) is 113 cm³/mol. The van der Waals surface area contributed by atoms with Crippen LogP contribution in [0.2, 0.25) is 0 Å². The maximum Gasteiger partial charge on any atom is 0.338 e. The van der Waals surface area contributed by atoms with Gasteiger partial charge in [0.1, 0.15) is 0 Å². The molecule has 0 saturated heterocycles. The zero-order chi connectivity index (χ0) is 22.9. The first-order valence-corrected chi connectivity index (χ1v) is 11.4. The summed E-state index contributed by atoms with van der Waals surface area (Å²) in [4.78, 5) is 37.6. The first-order chi connectivity index (χ1) is 13.7. The Morgan fingerprint density at radius 1 is 1.27 bits per heavy atom. The lowest BCUT2D eigenvalue weighted by molar-refractivity contribution is -0.137. The summed E-state index contributed by atoms with van der Waals surface area (Å²) in [6.45, 7) is 6.65. The van der Waals surface area contributed by atoms with Gasteiger partial charge in [0.05, 0.1) is 24.1 Å². The largest absolute Gasteiger partial charge is 0.452 e. The molecule has 0 aromatic heterocycles. The monoisotopic (exact) mass is 439 g/mol. The van der Waals surface area contributed by atoms with Gasteiger partial charge in [0.2, 0.25) is 15.9 Å². The van der Waals surface area contributed by atoms with Crippen LogP contribution in [0.25, 0.3) is 0 Å². The Morgan fingerprint density at radius 3 is 2.47 bits per heavy atom. The third-order valence-corrected chi connectivity index (χ3v) is 5.74. The van der Waals surface area contributed by atoms with Crippen molar-refractivity contribution in [2.45, 2.75) is 45.7 Å². The van der Waals surface area contributed by atoms with Crippen molar-refractivity contribution in [3.63, 3.8) is 0 Å². The molecule has 1 aromatic rings. The Morgan fingerprint density at radius 2 is 1.90 bits per heavy atom. The van der Waals surface area contributed by atoms with Gasteiger partial charge in [-0.15, -0.1) is 0 Å². The van der Waals surface area contributed by atoms with Crippen molar-refractivity contribution < 1.29 is 27.5 Å². The van der Waals surface area contributed by atoms with Crippen LogP contribution in [0.1, 0.15) is 43.6 Å². The van der Waals surface area contributed by atoms with E-state index in [2.05, 4.69) is 5.32 Å². The third-order valence-electron chi connectivity index (χ3n) is 4.47. The molecular weight excluding hydrogens is 410 g/mol. The fourth-order valence-electron chi connectivity index (χ4n) is 3.32. The normalized spacial score (nSPS) is 16.1. The third kappa shape index (κ3) is 5.94. The van der Waals surface area contributed by atoms with Crippen molar-refractivity contribution in [1.82, 2.24) is 10.2 Å². The van der Waals surface area contributed by atoms with Gasteiger partial charge in [0.15, 0.2) is 6.61 Å². The van der Waals surface area contributed by atoms with E-state index in [9.17, 15) is 22.8 Å². The molecule has 1 aliphatic heterocycles. The van der Waals surface area contributed by atoms with Gasteiger partial charge >= 0.3 is 5.97 Å². The number of sulfonamides is 1. The number of esters is 1. The molecule has 0 fully saturated rings. The number of hydrogen-bond acceptors (Lipinski definition) is 6. The van der Waals surface area contributed by atoms with Crippen LogP contribution in [0.5, 0.6) is 0 Å². The number of carbonyl (C=O) groups excluding carboxylic acids is 3. The van der Waals surface area contributed by atoms with E-state index in [4.69, 9.17) is 4.74 Å². The fraction of sp³-hybridized carbons (Fsp3) is 0.550. The smallest absolute Gasteiger partial charge is 0.338 e. The van der Waals surface area contributed by atoms with Crippen LogP contribution >= 0.6 is 0 Å². The minimum absolute atomic E-state index is 0.147. The highest BCUT2D eigenvalue weighted by molar-refractivity contribution is 7.92. The molecule has 0 saturated carbocycles. The molecule has 1 aliphatic rings. The van der Waals surface area contributed by atoms with Crippen molar-refractivity contribution >= 4 is 33.5 Å². The van der Waals surface area contributed by atoms with E-state index in [-0.39, 0.29) is 24.1 Å². The van der Waals surface area contributed by atoms with E-state index in [1.54, 1.807) is 19.1 Å². The molecule has 1 N–H and O–H groups in total. The summed E-state index contributed by atoms with van der Waals surface area (Å²) in [5.41, 5.74) is 1.09. The summed E-state index contributed by atoms with van der Waals surface area (Å²) in [5, 5.41) is 2.75. The van der Waals surface area contributed by atoms with Crippen LogP contribution in [0.3, 0.4) is 0 Å². The highest BCUT2D eigenvalue weighted by Crippen LogP contribution is 2.34. The van der Waals surface area contributed by atoms with Gasteiger partial charge in [-0.3, -0.25) is 13.9 Å². The quantitative estimate of drug-likeness (QED) is 0.660. The molecule has 9 nitrogen and oxygen atoms in total. The van der Waals surface area contributed by atoms with Gasteiger partial charge in [0.25, 0.3) is 5.91 Å². The van der Waals surface area contributed by atoms with Crippen LogP contribution in [0.15, 0.2) is 18.2 Å². The molecule has 0 radical (unpaired) electrons. The zero-order valence-corrected chi connectivity index (χ0v) is 19.0. The Hall–Kier alpha value is -2.62. The molecule has 2 amide bonds. The van der Waals surface area contributed by atoms with Gasteiger partial charge in [-0.2, -0.15) is 0 Å². The number of amides is 2. The second-order valence-electron chi connectivity index (χ2n) is 8.58. The number of anilines is 1. The highest BCUT2D eigenvalue weighted by Gasteiger charge is 2.33. The summed E-state index contributed by atoms with van der Waals surface area (Å²) >= 11 is 0. The van der Waals surface area contributed by atoms with E-state index in [0.29, 0.717) is 12.1 Å². The van der Waals surface area contributed by atoms with E-state index >= 15 is 0 Å². The second-order valence-corrected chi connectivity index (χ2v) is 10.4. The van der Waals surface area contributed by atoms with Crippen molar-refractivity contribution in [3.8, 4) is 0 Å². The van der Waals surface area contributed by atoms with Crippen molar-refractivity contribution in [3.05, 3.63) is 29.3 Å². The van der Waals surface area contributed by atoms with Gasteiger partial charge in [0, 0.05) is 18.6 Å². The molecule has 0 bridgehead atoms. The molecule has 2 rings (SSSR count). The summed E-state index contributed by atoms with van der Waals surface area (Å²) in [7, 11) is -1.96. The highest BCUT2D eigenvalue weighted by atomic mass is 32.2. The predicted octanol–water partition coefficient (Wildman–Crippen LogP) is 0.927. The number of ether oxygens (including phenoxy) is 1. The summed E-state index contributed by atoms with van der Waals surface area (Å²) in [6, 6.07) is 4.39. The molecule has 166 valence electrons. The number of fused-ring (bicyclic) bond motifs is 1. The van der Waals surface area contributed by atoms with E-state index < -0.39 is 34.0 Å². The van der Waals surface area contributed by atoms with Crippen LogP contribution in [0.4, 0.5) is 5.69 Å². The number of nitrogens with one attached hydrogen (secondary N) is 1. The second kappa shape index (κ2) is 8.63. The molecule has 0 spiro atoms. The van der Waals surface area contributed by atoms with E-state index in [1.165, 1.54) is 22.3 Å². The van der Waals surface area contributed by atoms with Crippen LogP contribution in [-0.4, -0.2) is 69.1 Å². The lowest BCUT2D eigenvalue weighted by Gasteiger charge is -2.23. The first kappa shape index (κ1) is 23.7. The Balaban J connectivity index is 1.97. The average molecular weight is 440 g/mol. The minimum atomic E-state index is -3.42. The van der Waals surface area contributed by atoms with Crippen LogP contribution < -0.4 is 9.62 Å². The van der Waals surface area contributed by atoms with Crippen molar-refractivity contribution in [2.24, 2.45) is 0 Å². The molecule has 1 aromatic carbocycles. The number of benzene rings is 1. The molecular formula is C20H29N3O6S. The molecule has 0 aliphatic carbocycles. The topological polar surface area (TPSA) is 113 Å². The molecule has 30 heavy (non-hydrogen) atoms. The van der Waals surface area contributed by atoms with Crippen molar-refractivity contribution in [2.75, 3.05) is 30.8 Å². The van der Waals surface area contributed by atoms with Crippen LogP contribution in [0, 0.1) is 0 Å². The minimum Gasteiger partial charge on any atom is -0.452 e. The first-order valence-electron chi connectivity index (χ1n) is 9.53. The summed E-state index contributed by atoms with van der Waals surface area (Å²) in [5.74, 6) is -1.51.